The van der Waals surface area contributed by atoms with E-state index in [9.17, 15) is 0 Å². The van der Waals surface area contributed by atoms with Gasteiger partial charge in [-0.3, -0.25) is 0 Å². The Bertz CT molecular complexity index is 786. The van der Waals surface area contributed by atoms with Crippen molar-refractivity contribution in [2.75, 3.05) is 11.9 Å². The zero-order valence-electron chi connectivity index (χ0n) is 11.7. The van der Waals surface area contributed by atoms with Crippen LogP contribution in [0.25, 0.3) is 10.2 Å². The Hall–Kier alpha value is -1.69. The Morgan fingerprint density at radius 2 is 1.95 bits per heavy atom. The largest absolute Gasteiger partial charge is 0.362 e. The Morgan fingerprint density at radius 3 is 2.73 bits per heavy atom. The van der Waals surface area contributed by atoms with E-state index in [2.05, 4.69) is 27.8 Å². The number of para-hydroxylation sites is 1. The summed E-state index contributed by atoms with van der Waals surface area (Å²) in [5.74, 6) is 0. The smallest absolute Gasteiger partial charge is 0.190 e. The minimum Gasteiger partial charge on any atom is -0.362 e. The summed E-state index contributed by atoms with van der Waals surface area (Å²) < 4.78 is 1.04. The van der Waals surface area contributed by atoms with Gasteiger partial charge in [0.05, 0.1) is 9.72 Å². The molecule has 0 atom stereocenters. The fourth-order valence-electron chi connectivity index (χ4n) is 2.07. The van der Waals surface area contributed by atoms with Crippen LogP contribution in [0.5, 0.6) is 0 Å². The number of hydrogen-bond acceptors (Lipinski definition) is 3. The molecule has 0 unspecified atom stereocenters. The molecule has 0 saturated heterocycles. The lowest BCUT2D eigenvalue weighted by atomic mass is 10.1. The molecular formula is C16H14ClN3S2. The van der Waals surface area contributed by atoms with E-state index < -0.39 is 0 Å². The number of anilines is 1. The topological polar surface area (TPSA) is 37.0 Å². The molecule has 0 saturated carbocycles. The van der Waals surface area contributed by atoms with Gasteiger partial charge in [-0.2, -0.15) is 0 Å². The van der Waals surface area contributed by atoms with E-state index in [4.69, 9.17) is 23.8 Å². The summed E-state index contributed by atoms with van der Waals surface area (Å²) in [6, 6.07) is 16.1. The maximum atomic E-state index is 6.13. The Balaban J connectivity index is 1.55. The highest BCUT2D eigenvalue weighted by Gasteiger charge is 2.07. The van der Waals surface area contributed by atoms with E-state index in [-0.39, 0.29) is 0 Å². The predicted octanol–water partition coefficient (Wildman–Crippen LogP) is 4.48. The van der Waals surface area contributed by atoms with E-state index in [0.717, 1.165) is 28.3 Å². The van der Waals surface area contributed by atoms with Gasteiger partial charge < -0.3 is 10.6 Å². The molecular weight excluding hydrogens is 334 g/mol. The molecule has 22 heavy (non-hydrogen) atoms. The predicted molar refractivity (Wildman–Crippen MR) is 99.0 cm³/mol. The normalized spacial score (nSPS) is 10.6. The zero-order chi connectivity index (χ0) is 15.4. The van der Waals surface area contributed by atoms with Gasteiger partial charge in [0.1, 0.15) is 5.52 Å². The summed E-state index contributed by atoms with van der Waals surface area (Å²) >= 11 is 13.0. The van der Waals surface area contributed by atoms with E-state index >= 15 is 0 Å². The Labute approximate surface area is 143 Å². The van der Waals surface area contributed by atoms with Crippen molar-refractivity contribution in [3.05, 3.63) is 59.1 Å². The van der Waals surface area contributed by atoms with Crippen LogP contribution in [0, 0.1) is 0 Å². The fraction of sp³-hybridized carbons (Fsp3) is 0.125. The van der Waals surface area contributed by atoms with Crippen molar-refractivity contribution < 1.29 is 0 Å². The van der Waals surface area contributed by atoms with E-state index in [0.29, 0.717) is 10.1 Å². The second-order valence-corrected chi connectivity index (χ2v) is 6.57. The molecule has 112 valence electrons. The van der Waals surface area contributed by atoms with Crippen molar-refractivity contribution in [2.24, 2.45) is 0 Å². The van der Waals surface area contributed by atoms with Crippen LogP contribution in [0.15, 0.2) is 48.5 Å². The van der Waals surface area contributed by atoms with Crippen molar-refractivity contribution in [3.63, 3.8) is 0 Å². The summed E-state index contributed by atoms with van der Waals surface area (Å²) in [6.45, 7) is 0.779. The first-order chi connectivity index (χ1) is 10.7. The van der Waals surface area contributed by atoms with E-state index in [1.807, 2.05) is 36.4 Å². The Kier molecular flexibility index (Phi) is 4.87. The number of rotatable bonds is 4. The Morgan fingerprint density at radius 1 is 1.14 bits per heavy atom. The van der Waals surface area contributed by atoms with Crippen LogP contribution in [-0.2, 0) is 6.42 Å². The summed E-state index contributed by atoms with van der Waals surface area (Å²) in [5, 5.41) is 8.29. The van der Waals surface area contributed by atoms with Gasteiger partial charge in [-0.05, 0) is 36.3 Å². The van der Waals surface area contributed by atoms with Gasteiger partial charge >= 0.3 is 0 Å². The van der Waals surface area contributed by atoms with Crippen LogP contribution in [0.4, 0.5) is 5.13 Å². The molecule has 0 aliphatic carbocycles. The van der Waals surface area contributed by atoms with Gasteiger partial charge in [-0.1, -0.05) is 59.3 Å². The molecule has 3 nitrogen and oxygen atoms in total. The number of thiazole rings is 1. The molecule has 2 N–H and O–H groups in total. The monoisotopic (exact) mass is 347 g/mol. The number of fused-ring (bicyclic) bond motifs is 1. The van der Waals surface area contributed by atoms with Crippen molar-refractivity contribution in [1.82, 2.24) is 10.3 Å². The number of thiocarbonyl (C=S) groups is 1. The van der Waals surface area contributed by atoms with Crippen LogP contribution < -0.4 is 10.6 Å². The van der Waals surface area contributed by atoms with Crippen molar-refractivity contribution in [2.45, 2.75) is 6.42 Å². The number of aromatic nitrogens is 1. The maximum absolute atomic E-state index is 6.13. The molecule has 0 aliphatic rings. The molecule has 3 aromatic rings. The van der Waals surface area contributed by atoms with E-state index in [1.54, 1.807) is 0 Å². The second-order valence-electron chi connectivity index (χ2n) is 4.72. The van der Waals surface area contributed by atoms with Crippen LogP contribution in [0.3, 0.4) is 0 Å². The minimum absolute atomic E-state index is 0.575. The van der Waals surface area contributed by atoms with Gasteiger partial charge in [0, 0.05) is 6.54 Å². The van der Waals surface area contributed by atoms with Gasteiger partial charge in [0.25, 0.3) is 0 Å². The molecule has 1 aromatic heterocycles. The zero-order valence-corrected chi connectivity index (χ0v) is 14.1. The molecule has 0 amide bonds. The molecule has 2 aromatic carbocycles. The molecule has 0 aliphatic heterocycles. The molecule has 1 heterocycles. The summed E-state index contributed by atoms with van der Waals surface area (Å²) in [6.07, 6.45) is 0.925. The lowest BCUT2D eigenvalue weighted by molar-refractivity contribution is 0.873. The van der Waals surface area contributed by atoms with Gasteiger partial charge in [0.2, 0.25) is 0 Å². The maximum Gasteiger partial charge on any atom is 0.190 e. The quantitative estimate of drug-likeness (QED) is 0.682. The number of benzene rings is 2. The number of nitrogens with zero attached hydrogens (tertiary/aromatic N) is 1. The average molecular weight is 348 g/mol. The summed E-state index contributed by atoms with van der Waals surface area (Å²) in [7, 11) is 0. The number of hydrogen-bond donors (Lipinski definition) is 2. The SMILES string of the molecule is S=C(NCCc1ccccc1)Nc1nc2c(Cl)cccc2s1. The molecule has 0 fully saturated rings. The van der Waals surface area contributed by atoms with Crippen molar-refractivity contribution >= 4 is 55.6 Å². The third kappa shape index (κ3) is 3.74. The highest BCUT2D eigenvalue weighted by molar-refractivity contribution is 7.80. The lowest BCUT2D eigenvalue weighted by Gasteiger charge is -2.08. The standard InChI is InChI=1S/C16H14ClN3S2/c17-12-7-4-8-13-14(12)19-16(22-13)20-15(21)18-10-9-11-5-2-1-3-6-11/h1-8H,9-10H2,(H2,18,19,20,21). The van der Waals surface area contributed by atoms with Crippen LogP contribution in [0.2, 0.25) is 5.02 Å². The van der Waals surface area contributed by atoms with E-state index in [1.165, 1.54) is 16.9 Å². The summed E-state index contributed by atoms with van der Waals surface area (Å²) in [4.78, 5) is 4.47. The molecule has 0 radical (unpaired) electrons. The lowest BCUT2D eigenvalue weighted by Crippen LogP contribution is -2.30. The van der Waals surface area contributed by atoms with Gasteiger partial charge in [0.15, 0.2) is 10.2 Å². The van der Waals surface area contributed by atoms with Crippen molar-refractivity contribution in [3.8, 4) is 0 Å². The van der Waals surface area contributed by atoms with Crippen LogP contribution >= 0.6 is 35.2 Å². The van der Waals surface area contributed by atoms with Crippen LogP contribution in [-0.4, -0.2) is 16.6 Å². The molecule has 3 rings (SSSR count). The van der Waals surface area contributed by atoms with Gasteiger partial charge in [-0.15, -0.1) is 0 Å². The highest BCUT2D eigenvalue weighted by atomic mass is 35.5. The third-order valence-electron chi connectivity index (χ3n) is 3.13. The number of nitrogens with one attached hydrogen (secondary N) is 2. The van der Waals surface area contributed by atoms with Crippen LogP contribution in [0.1, 0.15) is 5.56 Å². The first-order valence-electron chi connectivity index (χ1n) is 6.86. The molecule has 6 heteroatoms. The molecule has 0 bridgehead atoms. The first-order valence-corrected chi connectivity index (χ1v) is 8.46. The third-order valence-corrected chi connectivity index (χ3v) is 4.62. The van der Waals surface area contributed by atoms with Crippen molar-refractivity contribution in [1.29, 1.82) is 0 Å². The molecule has 0 spiro atoms. The minimum atomic E-state index is 0.575. The first kappa shape index (κ1) is 15.2. The average Bonchev–Trinajstić information content (AvgIpc) is 2.92. The number of halogens is 1. The summed E-state index contributed by atoms with van der Waals surface area (Å²) in [5.41, 5.74) is 2.09. The highest BCUT2D eigenvalue weighted by Crippen LogP contribution is 2.30. The second kappa shape index (κ2) is 7.05. The fourth-order valence-corrected chi connectivity index (χ4v) is 3.51. The van der Waals surface area contributed by atoms with Gasteiger partial charge in [-0.25, -0.2) is 4.98 Å².